The van der Waals surface area contributed by atoms with Crippen molar-refractivity contribution in [3.05, 3.63) is 29.3 Å². The Morgan fingerprint density at radius 2 is 2.18 bits per heavy atom. The third-order valence-corrected chi connectivity index (χ3v) is 3.66. The number of aliphatic hydroxyl groups is 1. The number of rotatable bonds is 5. The third-order valence-electron chi connectivity index (χ3n) is 3.66. The third kappa shape index (κ3) is 2.61. The van der Waals surface area contributed by atoms with Crippen molar-refractivity contribution in [2.45, 2.75) is 38.8 Å². The Labute approximate surface area is 103 Å². The molecule has 0 radical (unpaired) electrons. The maximum atomic E-state index is 9.20. The van der Waals surface area contributed by atoms with Crippen molar-refractivity contribution in [1.29, 1.82) is 0 Å². The summed E-state index contributed by atoms with van der Waals surface area (Å²) in [6.45, 7) is 3.66. The quantitative estimate of drug-likeness (QED) is 0.817. The van der Waals surface area contributed by atoms with Crippen LogP contribution in [0.1, 0.15) is 30.4 Å². The van der Waals surface area contributed by atoms with Gasteiger partial charge >= 0.3 is 0 Å². The van der Waals surface area contributed by atoms with Crippen LogP contribution in [0.25, 0.3) is 0 Å². The summed E-state index contributed by atoms with van der Waals surface area (Å²) in [6.07, 6.45) is 3.81. The van der Waals surface area contributed by atoms with Crippen LogP contribution in [0.15, 0.2) is 18.2 Å². The molecule has 1 aromatic rings. The summed E-state index contributed by atoms with van der Waals surface area (Å²) in [5.74, 6) is 0. The first-order valence-corrected chi connectivity index (χ1v) is 6.43. The Balaban J connectivity index is 2.22. The molecular weight excluding hydrogens is 212 g/mol. The maximum Gasteiger partial charge on any atom is 0.0606 e. The Kier molecular flexibility index (Phi) is 4.02. The summed E-state index contributed by atoms with van der Waals surface area (Å²) in [6, 6.07) is 7.00. The minimum atomic E-state index is 0.217. The molecule has 0 saturated heterocycles. The van der Waals surface area contributed by atoms with Crippen LogP contribution in [0.3, 0.4) is 0 Å². The molecule has 0 unspecified atom stereocenters. The van der Waals surface area contributed by atoms with Crippen LogP contribution in [-0.4, -0.2) is 24.3 Å². The molecule has 0 amide bonds. The lowest BCUT2D eigenvalue weighted by Crippen LogP contribution is -2.42. The molecule has 0 heterocycles. The summed E-state index contributed by atoms with van der Waals surface area (Å²) in [4.78, 5) is 2.35. The van der Waals surface area contributed by atoms with E-state index in [4.69, 9.17) is 5.73 Å². The van der Waals surface area contributed by atoms with Gasteiger partial charge in [-0.25, -0.2) is 0 Å². The summed E-state index contributed by atoms with van der Waals surface area (Å²) in [7, 11) is 0. The molecule has 0 atom stereocenters. The van der Waals surface area contributed by atoms with Crippen molar-refractivity contribution in [1.82, 2.24) is 0 Å². The molecule has 0 spiro atoms. The summed E-state index contributed by atoms with van der Waals surface area (Å²) in [5.41, 5.74) is 9.33. The van der Waals surface area contributed by atoms with Gasteiger partial charge < -0.3 is 15.7 Å². The zero-order chi connectivity index (χ0) is 12.3. The zero-order valence-corrected chi connectivity index (χ0v) is 10.5. The number of benzene rings is 1. The van der Waals surface area contributed by atoms with Crippen LogP contribution < -0.4 is 10.6 Å². The average molecular weight is 234 g/mol. The molecule has 1 aliphatic rings. The van der Waals surface area contributed by atoms with Crippen LogP contribution in [0, 0.1) is 6.92 Å². The molecule has 94 valence electrons. The minimum absolute atomic E-state index is 0.217. The van der Waals surface area contributed by atoms with E-state index in [1.54, 1.807) is 0 Å². The van der Waals surface area contributed by atoms with Crippen molar-refractivity contribution in [3.63, 3.8) is 0 Å². The van der Waals surface area contributed by atoms with Gasteiger partial charge in [-0.3, -0.25) is 0 Å². The van der Waals surface area contributed by atoms with Crippen molar-refractivity contribution in [3.8, 4) is 0 Å². The lowest BCUT2D eigenvalue weighted by atomic mass is 9.90. The average Bonchev–Trinajstić information content (AvgIpc) is 2.26. The summed E-state index contributed by atoms with van der Waals surface area (Å²) < 4.78 is 0. The number of anilines is 1. The van der Waals surface area contributed by atoms with E-state index in [1.807, 2.05) is 0 Å². The molecule has 1 aromatic carbocycles. The first kappa shape index (κ1) is 12.4. The molecule has 3 nitrogen and oxygen atoms in total. The predicted molar refractivity (Wildman–Crippen MR) is 71.1 cm³/mol. The van der Waals surface area contributed by atoms with Crippen molar-refractivity contribution in [2.24, 2.45) is 5.73 Å². The highest BCUT2D eigenvalue weighted by molar-refractivity contribution is 5.55. The highest BCUT2D eigenvalue weighted by Gasteiger charge is 2.25. The van der Waals surface area contributed by atoms with Gasteiger partial charge in [-0.1, -0.05) is 12.1 Å². The second-order valence-electron chi connectivity index (χ2n) is 4.83. The van der Waals surface area contributed by atoms with Crippen LogP contribution in [0.5, 0.6) is 0 Å². The Hall–Kier alpha value is -1.06. The van der Waals surface area contributed by atoms with Crippen LogP contribution in [0.4, 0.5) is 5.69 Å². The lowest BCUT2D eigenvalue weighted by molar-refractivity contribution is 0.283. The van der Waals surface area contributed by atoms with E-state index in [9.17, 15) is 5.11 Å². The standard InChI is InChI=1S/C14H22N2O/c1-11-9-12(10-15)5-6-14(11)16(7-8-17)13-3-2-4-13/h5-6,9,13,17H,2-4,7-8,10,15H2,1H3. The SMILES string of the molecule is Cc1cc(CN)ccc1N(CCO)C1CCC1. The number of nitrogens with two attached hydrogens (primary N) is 1. The fourth-order valence-electron chi connectivity index (χ4n) is 2.47. The second kappa shape index (κ2) is 5.52. The smallest absolute Gasteiger partial charge is 0.0606 e. The number of nitrogens with zero attached hydrogens (tertiary/aromatic N) is 1. The lowest BCUT2D eigenvalue weighted by Gasteiger charge is -2.39. The molecule has 2 rings (SSSR count). The Bertz CT molecular complexity index is 374. The predicted octanol–water partition coefficient (Wildman–Crippen LogP) is 1.80. The molecule has 1 aliphatic carbocycles. The van der Waals surface area contributed by atoms with Gasteiger partial charge in [0.1, 0.15) is 0 Å². The van der Waals surface area contributed by atoms with E-state index in [0.717, 1.165) is 6.54 Å². The molecule has 3 N–H and O–H groups in total. The monoisotopic (exact) mass is 234 g/mol. The van der Waals surface area contributed by atoms with E-state index in [0.29, 0.717) is 12.6 Å². The number of aliphatic hydroxyl groups excluding tert-OH is 1. The van der Waals surface area contributed by atoms with Gasteiger partial charge in [0.05, 0.1) is 6.61 Å². The topological polar surface area (TPSA) is 49.5 Å². The fourth-order valence-corrected chi connectivity index (χ4v) is 2.47. The summed E-state index contributed by atoms with van der Waals surface area (Å²) >= 11 is 0. The number of aryl methyl sites for hydroxylation is 1. The molecule has 3 heteroatoms. The normalized spacial score (nSPS) is 15.7. The number of hydrogen-bond donors (Lipinski definition) is 2. The first-order valence-electron chi connectivity index (χ1n) is 6.43. The largest absolute Gasteiger partial charge is 0.395 e. The van der Waals surface area contributed by atoms with Crippen LogP contribution in [0.2, 0.25) is 0 Å². The van der Waals surface area contributed by atoms with Crippen LogP contribution in [-0.2, 0) is 6.54 Å². The Morgan fingerprint density at radius 3 is 2.65 bits per heavy atom. The van der Waals surface area contributed by atoms with E-state index >= 15 is 0 Å². The minimum Gasteiger partial charge on any atom is -0.395 e. The second-order valence-corrected chi connectivity index (χ2v) is 4.83. The van der Waals surface area contributed by atoms with Crippen molar-refractivity contribution >= 4 is 5.69 Å². The van der Waals surface area contributed by atoms with Gasteiger partial charge in [-0.05, 0) is 43.4 Å². The van der Waals surface area contributed by atoms with E-state index in [-0.39, 0.29) is 6.61 Å². The van der Waals surface area contributed by atoms with Gasteiger partial charge in [0.2, 0.25) is 0 Å². The van der Waals surface area contributed by atoms with E-state index in [1.165, 1.54) is 36.1 Å². The highest BCUT2D eigenvalue weighted by Crippen LogP contribution is 2.31. The highest BCUT2D eigenvalue weighted by atomic mass is 16.3. The number of hydrogen-bond acceptors (Lipinski definition) is 3. The molecule has 0 aliphatic heterocycles. The van der Waals surface area contributed by atoms with E-state index in [2.05, 4.69) is 30.0 Å². The molecule has 1 saturated carbocycles. The molecule has 1 fully saturated rings. The van der Waals surface area contributed by atoms with Crippen molar-refractivity contribution < 1.29 is 5.11 Å². The fraction of sp³-hybridized carbons (Fsp3) is 0.571. The van der Waals surface area contributed by atoms with E-state index < -0.39 is 0 Å². The summed E-state index contributed by atoms with van der Waals surface area (Å²) in [5, 5.41) is 9.20. The van der Waals surface area contributed by atoms with Gasteiger partial charge in [0.25, 0.3) is 0 Å². The molecular formula is C14H22N2O. The van der Waals surface area contributed by atoms with Gasteiger partial charge in [0, 0.05) is 24.8 Å². The molecule has 0 aromatic heterocycles. The van der Waals surface area contributed by atoms with Crippen molar-refractivity contribution in [2.75, 3.05) is 18.1 Å². The first-order chi connectivity index (χ1) is 8.26. The Morgan fingerprint density at radius 1 is 1.41 bits per heavy atom. The zero-order valence-electron chi connectivity index (χ0n) is 10.5. The van der Waals surface area contributed by atoms with Gasteiger partial charge in [-0.15, -0.1) is 0 Å². The van der Waals surface area contributed by atoms with Gasteiger partial charge in [0.15, 0.2) is 0 Å². The molecule has 17 heavy (non-hydrogen) atoms. The molecule has 0 bridgehead atoms. The van der Waals surface area contributed by atoms with Gasteiger partial charge in [-0.2, -0.15) is 0 Å². The maximum absolute atomic E-state index is 9.20. The van der Waals surface area contributed by atoms with Crippen LogP contribution >= 0.6 is 0 Å².